The van der Waals surface area contributed by atoms with Gasteiger partial charge in [-0.15, -0.1) is 11.3 Å². The van der Waals surface area contributed by atoms with E-state index in [2.05, 4.69) is 33.7 Å². The van der Waals surface area contributed by atoms with Crippen molar-refractivity contribution < 1.29 is 4.79 Å². The Hall–Kier alpha value is -1.95. The van der Waals surface area contributed by atoms with E-state index in [0.717, 1.165) is 19.5 Å². The third kappa shape index (κ3) is 2.63. The van der Waals surface area contributed by atoms with Crippen LogP contribution in [-0.2, 0) is 6.42 Å². The first kappa shape index (κ1) is 14.0. The Morgan fingerprint density at radius 3 is 3.19 bits per heavy atom. The van der Waals surface area contributed by atoms with Crippen molar-refractivity contribution in [3.05, 3.63) is 40.0 Å². The Balaban J connectivity index is 1.84. The second-order valence-electron chi connectivity index (χ2n) is 5.04. The number of fused-ring (bicyclic) bond motifs is 1. The molecule has 1 aliphatic rings. The predicted molar refractivity (Wildman–Crippen MR) is 83.7 cm³/mol. The number of nitrogens with zero attached hydrogens (tertiary/aromatic N) is 3. The number of nitrogens with one attached hydrogen (secondary N) is 1. The summed E-state index contributed by atoms with van der Waals surface area (Å²) in [6, 6.07) is 2.21. The summed E-state index contributed by atoms with van der Waals surface area (Å²) in [7, 11) is 0. The van der Waals surface area contributed by atoms with Gasteiger partial charge in [-0.05, 0) is 37.3 Å². The molecule has 3 heterocycles. The molecule has 1 aliphatic heterocycles. The van der Waals surface area contributed by atoms with Gasteiger partial charge in [0.05, 0.1) is 18.4 Å². The number of rotatable bonds is 3. The molecule has 5 nitrogen and oxygen atoms in total. The van der Waals surface area contributed by atoms with Crippen LogP contribution in [0.5, 0.6) is 0 Å². The Morgan fingerprint density at radius 2 is 2.38 bits per heavy atom. The summed E-state index contributed by atoms with van der Waals surface area (Å²) in [5.74, 6) is 0.593. The summed E-state index contributed by atoms with van der Waals surface area (Å²) in [5, 5.41) is 5.18. The third-order valence-corrected chi connectivity index (χ3v) is 4.75. The van der Waals surface area contributed by atoms with Crippen LogP contribution in [0.15, 0.2) is 23.8 Å². The van der Waals surface area contributed by atoms with Gasteiger partial charge in [-0.25, -0.2) is 4.98 Å². The number of aromatic nitrogens is 2. The fourth-order valence-corrected chi connectivity index (χ4v) is 3.63. The maximum Gasteiger partial charge on any atom is 0.274 e. The molecule has 21 heavy (non-hydrogen) atoms. The molecular formula is C15H18N4OS. The third-order valence-electron chi connectivity index (χ3n) is 3.75. The lowest BCUT2D eigenvalue weighted by atomic mass is 10.0. The van der Waals surface area contributed by atoms with Crippen molar-refractivity contribution in [1.29, 1.82) is 0 Å². The van der Waals surface area contributed by atoms with Crippen LogP contribution < -0.4 is 5.32 Å². The van der Waals surface area contributed by atoms with Crippen molar-refractivity contribution in [3.8, 4) is 0 Å². The van der Waals surface area contributed by atoms with Crippen LogP contribution in [-0.4, -0.2) is 33.9 Å². The fourth-order valence-electron chi connectivity index (χ4n) is 2.67. The summed E-state index contributed by atoms with van der Waals surface area (Å²) in [6.45, 7) is 5.55. The van der Waals surface area contributed by atoms with Crippen LogP contribution >= 0.6 is 11.3 Å². The van der Waals surface area contributed by atoms with Gasteiger partial charge in [0.25, 0.3) is 5.91 Å². The second kappa shape index (κ2) is 5.81. The summed E-state index contributed by atoms with van der Waals surface area (Å²) in [5.41, 5.74) is 1.66. The minimum absolute atomic E-state index is 0.0494. The number of anilines is 1. The van der Waals surface area contributed by atoms with Crippen molar-refractivity contribution in [2.45, 2.75) is 26.3 Å². The largest absolute Gasteiger partial charge is 0.369 e. The lowest BCUT2D eigenvalue weighted by molar-refractivity contribution is 0.0673. The highest BCUT2D eigenvalue weighted by Gasteiger charge is 2.29. The van der Waals surface area contributed by atoms with Gasteiger partial charge in [0, 0.05) is 18.0 Å². The van der Waals surface area contributed by atoms with E-state index in [9.17, 15) is 4.79 Å². The van der Waals surface area contributed by atoms with Gasteiger partial charge in [0.2, 0.25) is 0 Å². The fraction of sp³-hybridized carbons (Fsp3) is 0.400. The lowest BCUT2D eigenvalue weighted by Crippen LogP contribution is -2.38. The van der Waals surface area contributed by atoms with E-state index in [0.29, 0.717) is 11.5 Å². The molecule has 0 aliphatic carbocycles. The van der Waals surface area contributed by atoms with Gasteiger partial charge in [-0.2, -0.15) is 0 Å². The molecule has 1 atom stereocenters. The first-order valence-electron chi connectivity index (χ1n) is 7.14. The standard InChI is InChI=1S/C15H18N4OS/c1-3-17-14-9-16-8-12(18-14)15(20)19-6-4-13-11(10(19)2)5-7-21-13/h5,7-10H,3-4,6H2,1-2H3,(H,17,18). The average molecular weight is 302 g/mol. The zero-order valence-electron chi connectivity index (χ0n) is 12.2. The maximum absolute atomic E-state index is 12.7. The summed E-state index contributed by atoms with van der Waals surface area (Å²) >= 11 is 1.77. The number of hydrogen-bond donors (Lipinski definition) is 1. The van der Waals surface area contributed by atoms with Crippen molar-refractivity contribution in [1.82, 2.24) is 14.9 Å². The molecule has 1 N–H and O–H groups in total. The van der Waals surface area contributed by atoms with Crippen LogP contribution in [0.3, 0.4) is 0 Å². The van der Waals surface area contributed by atoms with Gasteiger partial charge >= 0.3 is 0 Å². The minimum atomic E-state index is -0.0494. The van der Waals surface area contributed by atoms with E-state index in [4.69, 9.17) is 0 Å². The lowest BCUT2D eigenvalue weighted by Gasteiger charge is -2.33. The topological polar surface area (TPSA) is 58.1 Å². The number of thiophene rings is 1. The molecule has 3 rings (SSSR count). The molecule has 0 saturated heterocycles. The van der Waals surface area contributed by atoms with E-state index < -0.39 is 0 Å². The van der Waals surface area contributed by atoms with Crippen molar-refractivity contribution in [3.63, 3.8) is 0 Å². The molecular weight excluding hydrogens is 284 g/mol. The summed E-state index contributed by atoms with van der Waals surface area (Å²) in [6.07, 6.45) is 4.10. The zero-order valence-corrected chi connectivity index (χ0v) is 13.0. The second-order valence-corrected chi connectivity index (χ2v) is 6.04. The molecule has 0 radical (unpaired) electrons. The number of hydrogen-bond acceptors (Lipinski definition) is 5. The average Bonchev–Trinajstić information content (AvgIpc) is 2.97. The van der Waals surface area contributed by atoms with E-state index in [1.165, 1.54) is 10.4 Å². The molecule has 2 aromatic rings. The Labute approximate surface area is 128 Å². The van der Waals surface area contributed by atoms with Crippen LogP contribution in [0.25, 0.3) is 0 Å². The van der Waals surface area contributed by atoms with Gasteiger partial charge in [0.15, 0.2) is 0 Å². The Morgan fingerprint density at radius 1 is 1.52 bits per heavy atom. The smallest absolute Gasteiger partial charge is 0.274 e. The predicted octanol–water partition coefficient (Wildman–Crippen LogP) is 2.73. The molecule has 2 aromatic heterocycles. The first-order chi connectivity index (χ1) is 10.2. The molecule has 0 spiro atoms. The molecule has 1 amide bonds. The summed E-state index contributed by atoms with van der Waals surface area (Å²) in [4.78, 5) is 24.4. The molecule has 0 fully saturated rings. The Kier molecular flexibility index (Phi) is 3.88. The quantitative estimate of drug-likeness (QED) is 0.947. The number of carbonyl (C=O) groups is 1. The van der Waals surface area contributed by atoms with E-state index >= 15 is 0 Å². The van der Waals surface area contributed by atoms with Crippen molar-refractivity contribution in [2.75, 3.05) is 18.4 Å². The summed E-state index contributed by atoms with van der Waals surface area (Å²) < 4.78 is 0. The zero-order chi connectivity index (χ0) is 14.8. The van der Waals surface area contributed by atoms with E-state index in [-0.39, 0.29) is 11.9 Å². The van der Waals surface area contributed by atoms with Crippen LogP contribution in [0, 0.1) is 0 Å². The van der Waals surface area contributed by atoms with Crippen molar-refractivity contribution >= 4 is 23.1 Å². The molecule has 0 saturated carbocycles. The van der Waals surface area contributed by atoms with Crippen LogP contribution in [0.4, 0.5) is 5.82 Å². The van der Waals surface area contributed by atoms with Gasteiger partial charge in [-0.1, -0.05) is 0 Å². The molecule has 1 unspecified atom stereocenters. The minimum Gasteiger partial charge on any atom is -0.369 e. The first-order valence-corrected chi connectivity index (χ1v) is 8.01. The van der Waals surface area contributed by atoms with E-state index in [1.807, 2.05) is 11.8 Å². The van der Waals surface area contributed by atoms with Gasteiger partial charge in [0.1, 0.15) is 11.5 Å². The van der Waals surface area contributed by atoms with Crippen LogP contribution in [0.1, 0.15) is 40.8 Å². The number of amides is 1. The molecule has 6 heteroatoms. The molecule has 0 aromatic carbocycles. The van der Waals surface area contributed by atoms with Crippen molar-refractivity contribution in [2.24, 2.45) is 0 Å². The molecule has 0 bridgehead atoms. The van der Waals surface area contributed by atoms with Gasteiger partial charge in [-0.3, -0.25) is 9.78 Å². The van der Waals surface area contributed by atoms with E-state index in [1.54, 1.807) is 23.7 Å². The highest BCUT2D eigenvalue weighted by Crippen LogP contribution is 2.33. The number of carbonyl (C=O) groups excluding carboxylic acids is 1. The highest BCUT2D eigenvalue weighted by atomic mass is 32.1. The van der Waals surface area contributed by atoms with Gasteiger partial charge < -0.3 is 10.2 Å². The normalized spacial score (nSPS) is 17.4. The van der Waals surface area contributed by atoms with Crippen LogP contribution in [0.2, 0.25) is 0 Å². The molecule has 110 valence electrons. The Bertz CT molecular complexity index is 655. The monoisotopic (exact) mass is 302 g/mol. The SMILES string of the molecule is CCNc1cncc(C(=O)N2CCc3sccc3C2C)n1. The maximum atomic E-state index is 12.7. The highest BCUT2D eigenvalue weighted by molar-refractivity contribution is 7.10.